The van der Waals surface area contributed by atoms with Gasteiger partial charge in [0, 0.05) is 42.0 Å². The Hall–Kier alpha value is -1.06. The fourth-order valence-electron chi connectivity index (χ4n) is 2.56. The van der Waals surface area contributed by atoms with Crippen LogP contribution in [0.15, 0.2) is 23.6 Å². The van der Waals surface area contributed by atoms with Crippen molar-refractivity contribution in [2.45, 2.75) is 13.3 Å². The molecule has 1 N–H and O–H groups in total. The van der Waals surface area contributed by atoms with Crippen molar-refractivity contribution in [1.82, 2.24) is 5.32 Å². The lowest BCUT2D eigenvalue weighted by molar-refractivity contribution is 0.590. The molecule has 1 aromatic heterocycles. The van der Waals surface area contributed by atoms with Crippen LogP contribution in [0.5, 0.6) is 0 Å². The van der Waals surface area contributed by atoms with E-state index in [0.717, 1.165) is 32.6 Å². The molecule has 2 nitrogen and oxygen atoms in total. The van der Waals surface area contributed by atoms with E-state index in [1.807, 2.05) is 11.3 Å². The van der Waals surface area contributed by atoms with E-state index in [2.05, 4.69) is 40.7 Å². The smallest absolute Gasteiger partial charge is 0.0458 e. The Bertz CT molecular complexity index is 512. The lowest BCUT2D eigenvalue weighted by Gasteiger charge is -2.30. The van der Waals surface area contributed by atoms with Gasteiger partial charge < -0.3 is 10.2 Å². The number of fused-ring (bicyclic) bond motifs is 1. The zero-order valence-electron chi connectivity index (χ0n) is 10.2. The molecule has 0 radical (unpaired) electrons. The highest BCUT2D eigenvalue weighted by atomic mass is 32.1. The van der Waals surface area contributed by atoms with Crippen LogP contribution in [0.4, 0.5) is 5.69 Å². The summed E-state index contributed by atoms with van der Waals surface area (Å²) in [5.41, 5.74) is 2.93. The minimum Gasteiger partial charge on any atom is -0.368 e. The largest absolute Gasteiger partial charge is 0.368 e. The van der Waals surface area contributed by atoms with Crippen LogP contribution in [0.25, 0.3) is 10.1 Å². The third kappa shape index (κ3) is 1.94. The Morgan fingerprint density at radius 2 is 2.12 bits per heavy atom. The topological polar surface area (TPSA) is 15.3 Å². The number of anilines is 1. The van der Waals surface area contributed by atoms with E-state index in [9.17, 15) is 0 Å². The molecule has 0 amide bonds. The highest BCUT2D eigenvalue weighted by molar-refractivity contribution is 7.17. The molecule has 1 aromatic carbocycles. The molecule has 0 saturated carbocycles. The standard InChI is InChI=1S/C14H18N2S/c1-2-11-10-17-13-5-3-4-12(14(11)13)16-8-6-15-7-9-16/h3-5,10,15H,2,6-9H2,1H3. The van der Waals surface area contributed by atoms with Gasteiger partial charge in [-0.3, -0.25) is 0 Å². The molecule has 0 spiro atoms. The van der Waals surface area contributed by atoms with Crippen molar-refractivity contribution < 1.29 is 0 Å². The highest BCUT2D eigenvalue weighted by Gasteiger charge is 2.15. The first-order chi connectivity index (χ1) is 8.40. The van der Waals surface area contributed by atoms with Gasteiger partial charge in [-0.15, -0.1) is 11.3 Å². The van der Waals surface area contributed by atoms with Crippen LogP contribution < -0.4 is 10.2 Å². The van der Waals surface area contributed by atoms with Crippen LogP contribution in [-0.2, 0) is 6.42 Å². The average molecular weight is 246 g/mol. The normalized spacial score (nSPS) is 16.6. The fourth-order valence-corrected chi connectivity index (χ4v) is 3.63. The van der Waals surface area contributed by atoms with E-state index in [1.54, 1.807) is 0 Å². The molecule has 3 heteroatoms. The van der Waals surface area contributed by atoms with Crippen molar-refractivity contribution in [2.75, 3.05) is 31.1 Å². The molecular formula is C14H18N2S. The summed E-state index contributed by atoms with van der Waals surface area (Å²) in [6, 6.07) is 6.71. The maximum Gasteiger partial charge on any atom is 0.0458 e. The monoisotopic (exact) mass is 246 g/mol. The third-order valence-corrected chi connectivity index (χ3v) is 4.49. The molecule has 1 aliphatic heterocycles. The summed E-state index contributed by atoms with van der Waals surface area (Å²) in [5.74, 6) is 0. The molecule has 1 saturated heterocycles. The molecule has 0 atom stereocenters. The number of hydrogen-bond donors (Lipinski definition) is 1. The van der Waals surface area contributed by atoms with Crippen LogP contribution in [0.3, 0.4) is 0 Å². The first-order valence-corrected chi connectivity index (χ1v) is 7.23. The Morgan fingerprint density at radius 1 is 1.29 bits per heavy atom. The third-order valence-electron chi connectivity index (χ3n) is 3.49. The summed E-state index contributed by atoms with van der Waals surface area (Å²) >= 11 is 1.87. The number of piperazine rings is 1. The summed E-state index contributed by atoms with van der Waals surface area (Å²) < 4.78 is 1.43. The number of thiophene rings is 1. The number of benzene rings is 1. The molecule has 2 heterocycles. The van der Waals surface area contributed by atoms with Gasteiger partial charge in [0.05, 0.1) is 0 Å². The van der Waals surface area contributed by atoms with E-state index in [1.165, 1.54) is 21.3 Å². The predicted octanol–water partition coefficient (Wildman–Crippen LogP) is 2.87. The molecule has 0 aliphatic carbocycles. The van der Waals surface area contributed by atoms with Gasteiger partial charge in [0.25, 0.3) is 0 Å². The molecule has 1 fully saturated rings. The van der Waals surface area contributed by atoms with Gasteiger partial charge in [-0.05, 0) is 29.5 Å². The lowest BCUT2D eigenvalue weighted by atomic mass is 10.1. The van der Waals surface area contributed by atoms with Crippen LogP contribution in [0, 0.1) is 0 Å². The number of hydrogen-bond acceptors (Lipinski definition) is 3. The van der Waals surface area contributed by atoms with Crippen molar-refractivity contribution in [3.63, 3.8) is 0 Å². The maximum absolute atomic E-state index is 3.42. The second-order valence-corrected chi connectivity index (χ2v) is 5.41. The van der Waals surface area contributed by atoms with Crippen LogP contribution in [-0.4, -0.2) is 26.2 Å². The van der Waals surface area contributed by atoms with Crippen LogP contribution >= 0.6 is 11.3 Å². The van der Waals surface area contributed by atoms with Crippen LogP contribution in [0.2, 0.25) is 0 Å². The van der Waals surface area contributed by atoms with E-state index in [-0.39, 0.29) is 0 Å². The van der Waals surface area contributed by atoms with Crippen molar-refractivity contribution in [3.05, 3.63) is 29.1 Å². The average Bonchev–Trinajstić information content (AvgIpc) is 2.82. The first kappa shape index (κ1) is 11.1. The maximum atomic E-state index is 3.42. The van der Waals surface area contributed by atoms with Gasteiger partial charge in [0.1, 0.15) is 0 Å². The van der Waals surface area contributed by atoms with Crippen molar-refractivity contribution in [3.8, 4) is 0 Å². The minimum atomic E-state index is 1.10. The fraction of sp³-hybridized carbons (Fsp3) is 0.429. The lowest BCUT2D eigenvalue weighted by Crippen LogP contribution is -2.43. The molecule has 0 bridgehead atoms. The van der Waals surface area contributed by atoms with Crippen molar-refractivity contribution in [1.29, 1.82) is 0 Å². The molecular weight excluding hydrogens is 228 g/mol. The molecule has 2 aromatic rings. The minimum absolute atomic E-state index is 1.10. The van der Waals surface area contributed by atoms with Crippen LogP contribution in [0.1, 0.15) is 12.5 Å². The van der Waals surface area contributed by atoms with E-state index >= 15 is 0 Å². The van der Waals surface area contributed by atoms with Gasteiger partial charge in [0.2, 0.25) is 0 Å². The number of aryl methyl sites for hydroxylation is 1. The second kappa shape index (κ2) is 4.67. The highest BCUT2D eigenvalue weighted by Crippen LogP contribution is 2.34. The summed E-state index contributed by atoms with van der Waals surface area (Å²) in [4.78, 5) is 2.52. The summed E-state index contributed by atoms with van der Waals surface area (Å²) in [6.45, 7) is 6.69. The van der Waals surface area contributed by atoms with Gasteiger partial charge in [-0.25, -0.2) is 0 Å². The molecule has 0 unspecified atom stereocenters. The van der Waals surface area contributed by atoms with E-state index in [0.29, 0.717) is 0 Å². The predicted molar refractivity (Wildman–Crippen MR) is 76.3 cm³/mol. The quantitative estimate of drug-likeness (QED) is 0.876. The Kier molecular flexibility index (Phi) is 3.04. The SMILES string of the molecule is CCc1csc2cccc(N3CCNCC3)c12. The number of nitrogens with one attached hydrogen (secondary N) is 1. The Balaban J connectivity index is 2.10. The second-order valence-electron chi connectivity index (χ2n) is 4.50. The Morgan fingerprint density at radius 3 is 2.88 bits per heavy atom. The summed E-state index contributed by atoms with van der Waals surface area (Å²) in [7, 11) is 0. The zero-order chi connectivity index (χ0) is 11.7. The van der Waals surface area contributed by atoms with Gasteiger partial charge in [0.15, 0.2) is 0 Å². The summed E-state index contributed by atoms with van der Waals surface area (Å²) in [5, 5.41) is 7.22. The Labute approximate surface area is 106 Å². The van der Waals surface area contributed by atoms with E-state index in [4.69, 9.17) is 0 Å². The van der Waals surface area contributed by atoms with Gasteiger partial charge in [-0.1, -0.05) is 13.0 Å². The molecule has 17 heavy (non-hydrogen) atoms. The molecule has 3 rings (SSSR count). The first-order valence-electron chi connectivity index (χ1n) is 6.35. The summed E-state index contributed by atoms with van der Waals surface area (Å²) in [6.07, 6.45) is 1.13. The van der Waals surface area contributed by atoms with Crippen molar-refractivity contribution >= 4 is 27.1 Å². The molecule has 90 valence electrons. The van der Waals surface area contributed by atoms with Gasteiger partial charge in [-0.2, -0.15) is 0 Å². The zero-order valence-corrected chi connectivity index (χ0v) is 11.0. The van der Waals surface area contributed by atoms with E-state index < -0.39 is 0 Å². The van der Waals surface area contributed by atoms with Crippen molar-refractivity contribution in [2.24, 2.45) is 0 Å². The molecule has 1 aliphatic rings. The van der Waals surface area contributed by atoms with Gasteiger partial charge >= 0.3 is 0 Å². The number of nitrogens with zero attached hydrogens (tertiary/aromatic N) is 1. The number of rotatable bonds is 2.